The van der Waals surface area contributed by atoms with Crippen LogP contribution in [-0.4, -0.2) is 5.16 Å². The molecule has 90 valence electrons. The highest BCUT2D eigenvalue weighted by atomic mass is 35.5. The number of aryl methyl sites for hydroxylation is 1. The van der Waals surface area contributed by atoms with Gasteiger partial charge >= 0.3 is 0 Å². The lowest BCUT2D eigenvalue weighted by Gasteiger charge is -2.03. The highest BCUT2D eigenvalue weighted by Gasteiger charge is 2.02. The minimum atomic E-state index is -0.329. The van der Waals surface area contributed by atoms with E-state index in [-0.39, 0.29) is 5.82 Å². The van der Waals surface area contributed by atoms with E-state index in [0.717, 1.165) is 17.0 Å². The van der Waals surface area contributed by atoms with Gasteiger partial charge in [0.05, 0.1) is 12.2 Å². The fourth-order valence-corrected chi connectivity index (χ4v) is 1.79. The summed E-state index contributed by atoms with van der Waals surface area (Å²) in [4.78, 5) is 0. The molecule has 0 radical (unpaired) electrons. The Bertz CT molecular complexity index is 493. The molecular formula is C12H12ClFN2O. The van der Waals surface area contributed by atoms with E-state index >= 15 is 0 Å². The quantitative estimate of drug-likeness (QED) is 0.911. The Morgan fingerprint density at radius 2 is 2.12 bits per heavy atom. The summed E-state index contributed by atoms with van der Waals surface area (Å²) in [6.07, 6.45) is 0. The molecule has 5 heteroatoms. The maximum absolute atomic E-state index is 13.0. The molecule has 0 unspecified atom stereocenters. The zero-order chi connectivity index (χ0) is 12.3. The topological polar surface area (TPSA) is 38.1 Å². The second-order valence-electron chi connectivity index (χ2n) is 3.82. The van der Waals surface area contributed by atoms with Gasteiger partial charge in [0, 0.05) is 17.6 Å². The Hall–Kier alpha value is -1.39. The van der Waals surface area contributed by atoms with Gasteiger partial charge in [-0.15, -0.1) is 0 Å². The van der Waals surface area contributed by atoms with Crippen LogP contribution in [0.25, 0.3) is 0 Å². The van der Waals surface area contributed by atoms with Crippen LogP contribution in [0.1, 0.15) is 17.0 Å². The van der Waals surface area contributed by atoms with Crippen molar-refractivity contribution < 1.29 is 8.91 Å². The number of benzene rings is 1. The van der Waals surface area contributed by atoms with Crippen LogP contribution in [0.4, 0.5) is 4.39 Å². The zero-order valence-electron chi connectivity index (χ0n) is 9.34. The third-order valence-corrected chi connectivity index (χ3v) is 2.45. The molecule has 0 fully saturated rings. The maximum Gasteiger partial charge on any atom is 0.150 e. The molecule has 0 aliphatic carbocycles. The van der Waals surface area contributed by atoms with Crippen molar-refractivity contribution >= 4 is 11.6 Å². The van der Waals surface area contributed by atoms with Crippen molar-refractivity contribution in [2.45, 2.75) is 20.0 Å². The second-order valence-corrected chi connectivity index (χ2v) is 4.25. The Balaban J connectivity index is 1.89. The van der Waals surface area contributed by atoms with Gasteiger partial charge in [-0.05, 0) is 30.7 Å². The highest BCUT2D eigenvalue weighted by Crippen LogP contribution is 2.14. The summed E-state index contributed by atoms with van der Waals surface area (Å²) < 4.78 is 18.1. The lowest BCUT2D eigenvalue weighted by Crippen LogP contribution is -2.12. The van der Waals surface area contributed by atoms with Gasteiger partial charge in [0.15, 0.2) is 5.76 Å². The van der Waals surface area contributed by atoms with Gasteiger partial charge in [-0.25, -0.2) is 4.39 Å². The molecule has 0 atom stereocenters. The van der Waals surface area contributed by atoms with E-state index in [0.29, 0.717) is 18.1 Å². The maximum atomic E-state index is 13.0. The number of nitrogens with one attached hydrogen (secondary N) is 1. The summed E-state index contributed by atoms with van der Waals surface area (Å²) in [6.45, 7) is 2.94. The summed E-state index contributed by atoms with van der Waals surface area (Å²) in [6, 6.07) is 6.31. The molecule has 0 amide bonds. The Morgan fingerprint density at radius 1 is 1.29 bits per heavy atom. The van der Waals surface area contributed by atoms with E-state index in [1.807, 2.05) is 13.0 Å². The van der Waals surface area contributed by atoms with Crippen molar-refractivity contribution in [2.24, 2.45) is 0 Å². The van der Waals surface area contributed by atoms with Crippen molar-refractivity contribution in [1.82, 2.24) is 10.5 Å². The summed E-state index contributed by atoms with van der Waals surface area (Å²) >= 11 is 5.75. The predicted octanol–water partition coefficient (Wildman–Crippen LogP) is 3.07. The largest absolute Gasteiger partial charge is 0.360 e. The molecule has 0 aliphatic heterocycles. The normalized spacial score (nSPS) is 10.8. The number of hydrogen-bond donors (Lipinski definition) is 1. The van der Waals surface area contributed by atoms with Crippen LogP contribution in [0.3, 0.4) is 0 Å². The van der Waals surface area contributed by atoms with E-state index in [1.165, 1.54) is 12.1 Å². The van der Waals surface area contributed by atoms with Crippen LogP contribution in [0, 0.1) is 12.7 Å². The van der Waals surface area contributed by atoms with Crippen molar-refractivity contribution in [3.63, 3.8) is 0 Å². The predicted molar refractivity (Wildman–Crippen MR) is 63.2 cm³/mol. The first-order valence-electron chi connectivity index (χ1n) is 5.21. The smallest absolute Gasteiger partial charge is 0.150 e. The van der Waals surface area contributed by atoms with E-state index in [2.05, 4.69) is 10.5 Å². The average Bonchev–Trinajstić information content (AvgIpc) is 2.63. The van der Waals surface area contributed by atoms with Crippen molar-refractivity contribution in [2.75, 3.05) is 0 Å². The van der Waals surface area contributed by atoms with Gasteiger partial charge < -0.3 is 9.84 Å². The standard InChI is InChI=1S/C12H12ClFN2O/c1-8-2-12(17-16-8)7-15-6-9-3-10(13)5-11(14)4-9/h2-5,15H,6-7H2,1H3. The molecule has 1 N–H and O–H groups in total. The summed E-state index contributed by atoms with van der Waals surface area (Å²) in [7, 11) is 0. The zero-order valence-corrected chi connectivity index (χ0v) is 10.1. The molecule has 17 heavy (non-hydrogen) atoms. The number of nitrogens with zero attached hydrogens (tertiary/aromatic N) is 1. The van der Waals surface area contributed by atoms with E-state index < -0.39 is 0 Å². The molecule has 2 aromatic rings. The van der Waals surface area contributed by atoms with Gasteiger partial charge in [-0.1, -0.05) is 16.8 Å². The van der Waals surface area contributed by atoms with Crippen LogP contribution in [0.5, 0.6) is 0 Å². The molecule has 3 nitrogen and oxygen atoms in total. The monoisotopic (exact) mass is 254 g/mol. The van der Waals surface area contributed by atoms with Crippen LogP contribution in [0.15, 0.2) is 28.8 Å². The third-order valence-electron chi connectivity index (χ3n) is 2.23. The highest BCUT2D eigenvalue weighted by molar-refractivity contribution is 6.30. The fourth-order valence-electron chi connectivity index (χ4n) is 1.54. The molecule has 2 rings (SSSR count). The van der Waals surface area contributed by atoms with Gasteiger partial charge in [-0.2, -0.15) is 0 Å². The first-order valence-corrected chi connectivity index (χ1v) is 5.59. The van der Waals surface area contributed by atoms with Crippen molar-refractivity contribution in [3.8, 4) is 0 Å². The van der Waals surface area contributed by atoms with E-state index in [1.54, 1.807) is 6.07 Å². The molecule has 1 heterocycles. The molecule has 0 spiro atoms. The minimum absolute atomic E-state index is 0.329. The molecule has 0 saturated carbocycles. The van der Waals surface area contributed by atoms with Gasteiger partial charge in [0.1, 0.15) is 5.82 Å². The first-order chi connectivity index (χ1) is 8.13. The van der Waals surface area contributed by atoms with Crippen LogP contribution in [-0.2, 0) is 13.1 Å². The lowest BCUT2D eigenvalue weighted by atomic mass is 10.2. The number of rotatable bonds is 4. The average molecular weight is 255 g/mol. The Kier molecular flexibility index (Phi) is 3.76. The molecule has 0 aliphatic rings. The number of hydrogen-bond acceptors (Lipinski definition) is 3. The molecule has 1 aromatic carbocycles. The van der Waals surface area contributed by atoms with Gasteiger partial charge in [0.2, 0.25) is 0 Å². The van der Waals surface area contributed by atoms with Crippen LogP contribution >= 0.6 is 11.6 Å². The number of aromatic nitrogens is 1. The molecular weight excluding hydrogens is 243 g/mol. The van der Waals surface area contributed by atoms with Crippen molar-refractivity contribution in [3.05, 3.63) is 52.1 Å². The molecule has 0 bridgehead atoms. The third kappa shape index (κ3) is 3.54. The van der Waals surface area contributed by atoms with Gasteiger partial charge in [0.25, 0.3) is 0 Å². The number of halogens is 2. The fraction of sp³-hybridized carbons (Fsp3) is 0.250. The van der Waals surface area contributed by atoms with E-state index in [9.17, 15) is 4.39 Å². The summed E-state index contributed by atoms with van der Waals surface area (Å²) in [5.74, 6) is 0.426. The summed E-state index contributed by atoms with van der Waals surface area (Å²) in [5, 5.41) is 7.30. The summed E-state index contributed by atoms with van der Waals surface area (Å²) in [5.41, 5.74) is 1.64. The van der Waals surface area contributed by atoms with Crippen molar-refractivity contribution in [1.29, 1.82) is 0 Å². The SMILES string of the molecule is Cc1cc(CNCc2cc(F)cc(Cl)c2)on1. The molecule has 0 saturated heterocycles. The first kappa shape index (κ1) is 12.1. The lowest BCUT2D eigenvalue weighted by molar-refractivity contribution is 0.369. The van der Waals surface area contributed by atoms with Crippen LogP contribution in [0.2, 0.25) is 5.02 Å². The Labute approximate surface area is 104 Å². The van der Waals surface area contributed by atoms with E-state index in [4.69, 9.17) is 16.1 Å². The second kappa shape index (κ2) is 5.29. The van der Waals surface area contributed by atoms with Gasteiger partial charge in [-0.3, -0.25) is 0 Å². The minimum Gasteiger partial charge on any atom is -0.360 e. The molecule has 1 aromatic heterocycles. The Morgan fingerprint density at radius 3 is 2.76 bits per heavy atom. The van der Waals surface area contributed by atoms with Crippen LogP contribution < -0.4 is 5.32 Å².